The van der Waals surface area contributed by atoms with Crippen molar-refractivity contribution in [2.45, 2.75) is 30.9 Å². The topological polar surface area (TPSA) is 72.6 Å². The summed E-state index contributed by atoms with van der Waals surface area (Å²) in [6.07, 6.45) is -0.249. The predicted molar refractivity (Wildman–Crippen MR) is 74.6 cm³/mol. The fourth-order valence-corrected chi connectivity index (χ4v) is 4.20. The van der Waals surface area contributed by atoms with Gasteiger partial charge in [-0.2, -0.15) is 4.31 Å². The molecule has 2 N–H and O–H groups in total. The van der Waals surface area contributed by atoms with Crippen LogP contribution in [0.15, 0.2) is 17.0 Å². The number of ether oxygens (including phenoxy) is 1. The number of halogens is 2. The highest BCUT2D eigenvalue weighted by molar-refractivity contribution is 7.89. The van der Waals surface area contributed by atoms with Crippen LogP contribution in [0.1, 0.15) is 13.8 Å². The van der Waals surface area contributed by atoms with Crippen LogP contribution in [0.2, 0.25) is 5.02 Å². The molecule has 20 heavy (non-hydrogen) atoms. The number of sulfonamides is 1. The molecule has 1 saturated heterocycles. The van der Waals surface area contributed by atoms with Gasteiger partial charge in [0.25, 0.3) is 0 Å². The number of rotatable bonds is 2. The molecule has 0 aromatic heterocycles. The van der Waals surface area contributed by atoms with Crippen LogP contribution in [-0.2, 0) is 14.8 Å². The van der Waals surface area contributed by atoms with Crippen LogP contribution >= 0.6 is 11.6 Å². The standard InChI is InChI=1S/C12H16ClFN2O3S/c1-7-6-19-8(2)5-16(7)20(17,18)11-4-9(15)3-10(13)12(11)14/h3-4,7-8H,5-6,15H2,1-2H3. The van der Waals surface area contributed by atoms with E-state index in [0.717, 1.165) is 6.07 Å². The monoisotopic (exact) mass is 322 g/mol. The Kier molecular flexibility index (Phi) is 4.24. The second-order valence-electron chi connectivity index (χ2n) is 4.88. The molecule has 0 spiro atoms. The maximum atomic E-state index is 14.0. The van der Waals surface area contributed by atoms with E-state index in [2.05, 4.69) is 0 Å². The molecule has 2 atom stereocenters. The summed E-state index contributed by atoms with van der Waals surface area (Å²) in [4.78, 5) is -0.497. The summed E-state index contributed by atoms with van der Waals surface area (Å²) in [6.45, 7) is 3.89. The molecule has 0 aliphatic carbocycles. The number of hydrogen-bond donors (Lipinski definition) is 1. The van der Waals surface area contributed by atoms with Gasteiger partial charge in [0.15, 0.2) is 5.82 Å². The molecule has 1 fully saturated rings. The van der Waals surface area contributed by atoms with Gasteiger partial charge in [-0.05, 0) is 26.0 Å². The Morgan fingerprint density at radius 3 is 2.75 bits per heavy atom. The van der Waals surface area contributed by atoms with Gasteiger partial charge < -0.3 is 10.5 Å². The summed E-state index contributed by atoms with van der Waals surface area (Å²) in [7, 11) is -4.01. The third-order valence-electron chi connectivity index (χ3n) is 3.15. The molecular weight excluding hydrogens is 307 g/mol. The normalized spacial score (nSPS) is 24.8. The second-order valence-corrected chi connectivity index (χ2v) is 7.15. The lowest BCUT2D eigenvalue weighted by Gasteiger charge is -2.35. The Bertz CT molecular complexity index is 623. The molecule has 0 saturated carbocycles. The van der Waals surface area contributed by atoms with Gasteiger partial charge in [-0.15, -0.1) is 0 Å². The highest BCUT2D eigenvalue weighted by atomic mass is 35.5. The van der Waals surface area contributed by atoms with Crippen molar-refractivity contribution in [2.75, 3.05) is 18.9 Å². The van der Waals surface area contributed by atoms with Gasteiger partial charge >= 0.3 is 0 Å². The number of morpholine rings is 1. The first-order valence-electron chi connectivity index (χ1n) is 6.11. The van der Waals surface area contributed by atoms with Crippen LogP contribution < -0.4 is 5.73 Å². The fraction of sp³-hybridized carbons (Fsp3) is 0.500. The van der Waals surface area contributed by atoms with E-state index < -0.39 is 20.7 Å². The number of nitrogens with two attached hydrogens (primary N) is 1. The molecule has 1 aromatic rings. The molecule has 8 heteroatoms. The van der Waals surface area contributed by atoms with Crippen LogP contribution in [-0.4, -0.2) is 38.0 Å². The SMILES string of the molecule is CC1CN(S(=O)(=O)c2cc(N)cc(Cl)c2F)C(C)CO1. The molecule has 0 radical (unpaired) electrons. The third kappa shape index (κ3) is 2.76. The van der Waals surface area contributed by atoms with Gasteiger partial charge in [-0.3, -0.25) is 0 Å². The van der Waals surface area contributed by atoms with Crippen molar-refractivity contribution in [3.05, 3.63) is 23.0 Å². The van der Waals surface area contributed by atoms with Crippen molar-refractivity contribution in [1.82, 2.24) is 4.31 Å². The lowest BCUT2D eigenvalue weighted by molar-refractivity contribution is -0.0171. The first-order chi connectivity index (χ1) is 9.23. The van der Waals surface area contributed by atoms with Crippen molar-refractivity contribution < 1.29 is 17.5 Å². The van der Waals surface area contributed by atoms with Crippen molar-refractivity contribution in [1.29, 1.82) is 0 Å². The number of hydrogen-bond acceptors (Lipinski definition) is 4. The summed E-state index contributed by atoms with van der Waals surface area (Å²) in [5, 5.41) is -0.308. The van der Waals surface area contributed by atoms with Gasteiger partial charge in [0.2, 0.25) is 10.0 Å². The van der Waals surface area contributed by atoms with E-state index in [1.54, 1.807) is 13.8 Å². The van der Waals surface area contributed by atoms with Gasteiger partial charge in [0, 0.05) is 18.3 Å². The summed E-state index contributed by atoms with van der Waals surface area (Å²) in [5.74, 6) is -0.979. The van der Waals surface area contributed by atoms with E-state index in [0.29, 0.717) is 0 Å². The van der Waals surface area contributed by atoms with E-state index in [1.807, 2.05) is 0 Å². The molecule has 0 bridgehead atoms. The van der Waals surface area contributed by atoms with Crippen LogP contribution in [0.4, 0.5) is 10.1 Å². The Balaban J connectivity index is 2.50. The van der Waals surface area contributed by atoms with E-state index >= 15 is 0 Å². The molecule has 1 aliphatic heterocycles. The molecule has 1 heterocycles. The van der Waals surface area contributed by atoms with E-state index in [-0.39, 0.29) is 36.0 Å². The third-order valence-corrected chi connectivity index (χ3v) is 5.41. The smallest absolute Gasteiger partial charge is 0.246 e. The zero-order chi connectivity index (χ0) is 15.1. The van der Waals surface area contributed by atoms with Crippen LogP contribution in [0.25, 0.3) is 0 Å². The highest BCUT2D eigenvalue weighted by Crippen LogP contribution is 2.30. The lowest BCUT2D eigenvalue weighted by Crippen LogP contribution is -2.50. The lowest BCUT2D eigenvalue weighted by atomic mass is 10.2. The Labute approximate surface area is 122 Å². The van der Waals surface area contributed by atoms with E-state index in [1.165, 1.54) is 10.4 Å². The minimum absolute atomic E-state index is 0.101. The summed E-state index contributed by atoms with van der Waals surface area (Å²) in [5.41, 5.74) is 5.66. The molecular formula is C12H16ClFN2O3S. The van der Waals surface area contributed by atoms with E-state index in [9.17, 15) is 12.8 Å². The number of benzene rings is 1. The maximum absolute atomic E-state index is 14.0. The summed E-state index contributed by atoms with van der Waals surface area (Å²) < 4.78 is 45.8. The molecule has 2 unspecified atom stereocenters. The quantitative estimate of drug-likeness (QED) is 0.844. The Hall–Kier alpha value is -0.890. The van der Waals surface area contributed by atoms with Crippen molar-refractivity contribution in [3.8, 4) is 0 Å². The fourth-order valence-electron chi connectivity index (χ4n) is 2.11. The maximum Gasteiger partial charge on any atom is 0.246 e. The minimum Gasteiger partial charge on any atom is -0.399 e. The first-order valence-corrected chi connectivity index (χ1v) is 7.93. The van der Waals surface area contributed by atoms with Gasteiger partial charge in [0.05, 0.1) is 17.7 Å². The van der Waals surface area contributed by atoms with E-state index in [4.69, 9.17) is 22.1 Å². The molecule has 1 aromatic carbocycles. The summed E-state index contributed by atoms with van der Waals surface area (Å²) >= 11 is 5.67. The minimum atomic E-state index is -4.01. The molecule has 2 rings (SSSR count). The van der Waals surface area contributed by atoms with Crippen molar-refractivity contribution in [3.63, 3.8) is 0 Å². The van der Waals surface area contributed by atoms with Crippen LogP contribution in [0.3, 0.4) is 0 Å². The van der Waals surface area contributed by atoms with Gasteiger partial charge in [-0.25, -0.2) is 12.8 Å². The van der Waals surface area contributed by atoms with Gasteiger partial charge in [0.1, 0.15) is 4.90 Å². The second kappa shape index (κ2) is 5.48. The molecule has 112 valence electrons. The molecule has 5 nitrogen and oxygen atoms in total. The summed E-state index contributed by atoms with van der Waals surface area (Å²) in [6, 6.07) is 1.89. The van der Waals surface area contributed by atoms with Crippen molar-refractivity contribution >= 4 is 27.3 Å². The van der Waals surface area contributed by atoms with Crippen molar-refractivity contribution in [2.24, 2.45) is 0 Å². The highest BCUT2D eigenvalue weighted by Gasteiger charge is 2.36. The van der Waals surface area contributed by atoms with Crippen LogP contribution in [0, 0.1) is 5.82 Å². The molecule has 1 aliphatic rings. The average Bonchev–Trinajstić information content (AvgIpc) is 2.36. The number of nitrogen functional groups attached to an aromatic ring is 1. The molecule has 0 amide bonds. The predicted octanol–water partition coefficient (Wildman–Crippen LogP) is 1.86. The Morgan fingerprint density at radius 1 is 1.45 bits per heavy atom. The zero-order valence-corrected chi connectivity index (χ0v) is 12.7. The zero-order valence-electron chi connectivity index (χ0n) is 11.1. The first kappa shape index (κ1) is 15.5. The number of anilines is 1. The largest absolute Gasteiger partial charge is 0.399 e. The number of nitrogens with zero attached hydrogens (tertiary/aromatic N) is 1. The average molecular weight is 323 g/mol. The van der Waals surface area contributed by atoms with Crippen LogP contribution in [0.5, 0.6) is 0 Å². The Morgan fingerprint density at radius 2 is 2.10 bits per heavy atom. The van der Waals surface area contributed by atoms with Gasteiger partial charge in [-0.1, -0.05) is 11.6 Å².